The molecule has 0 radical (unpaired) electrons. The van der Waals surface area contributed by atoms with Gasteiger partial charge in [-0.05, 0) is 39.7 Å². The summed E-state index contributed by atoms with van der Waals surface area (Å²) in [6.07, 6.45) is 0.966. The average Bonchev–Trinajstić information content (AvgIpc) is 2.66. The molecule has 0 saturated heterocycles. The van der Waals surface area contributed by atoms with Gasteiger partial charge in [-0.2, -0.15) is 5.26 Å². The number of hydrogen-bond donors (Lipinski definition) is 2. The van der Waals surface area contributed by atoms with E-state index < -0.39 is 29.7 Å². The molecule has 0 aliphatic carbocycles. The molecule has 0 spiro atoms. The van der Waals surface area contributed by atoms with E-state index in [2.05, 4.69) is 10.6 Å². The summed E-state index contributed by atoms with van der Waals surface area (Å²) in [7, 11) is 0. The largest absolute Gasteiger partial charge is 0.444 e. The molecule has 1 aromatic carbocycles. The average molecular weight is 417 g/mol. The summed E-state index contributed by atoms with van der Waals surface area (Å²) in [5.41, 5.74) is -0.134. The topological polar surface area (TPSA) is 112 Å². The lowest BCUT2D eigenvalue weighted by Gasteiger charge is -2.31. The first-order valence-electron chi connectivity index (χ1n) is 10.1. The third-order valence-corrected chi connectivity index (χ3v) is 4.13. The van der Waals surface area contributed by atoms with Crippen molar-refractivity contribution in [3.8, 4) is 6.07 Å². The van der Waals surface area contributed by atoms with E-state index in [4.69, 9.17) is 4.74 Å². The van der Waals surface area contributed by atoms with Gasteiger partial charge in [-0.3, -0.25) is 9.59 Å². The Morgan fingerprint density at radius 1 is 1.20 bits per heavy atom. The number of carbonyl (C=O) groups excluding carboxylic acids is 3. The highest BCUT2D eigenvalue weighted by Crippen LogP contribution is 2.22. The van der Waals surface area contributed by atoms with Crippen LogP contribution in [-0.2, 0) is 14.3 Å². The fraction of sp³-hybridized carbons (Fsp3) is 0.545. The Morgan fingerprint density at radius 2 is 1.83 bits per heavy atom. The number of hydrogen-bond acceptors (Lipinski definition) is 5. The van der Waals surface area contributed by atoms with Gasteiger partial charge in [0, 0.05) is 6.54 Å². The molecule has 164 valence electrons. The first-order valence-corrected chi connectivity index (χ1v) is 10.1. The molecular formula is C22H32N4O4. The van der Waals surface area contributed by atoms with Crippen LogP contribution in [0.2, 0.25) is 0 Å². The summed E-state index contributed by atoms with van der Waals surface area (Å²) < 4.78 is 5.19. The summed E-state index contributed by atoms with van der Waals surface area (Å²) >= 11 is 0. The fourth-order valence-corrected chi connectivity index (χ4v) is 2.76. The molecule has 1 aromatic rings. The SMILES string of the molecule is CCCCNC(=O)C(c1ccccc1)N(CC#N)C(=O)C(C)NC(=O)OC(C)(C)C. The monoisotopic (exact) mass is 416 g/mol. The van der Waals surface area contributed by atoms with Gasteiger partial charge in [-0.1, -0.05) is 43.7 Å². The molecule has 8 heteroatoms. The predicted molar refractivity (Wildman–Crippen MR) is 113 cm³/mol. The van der Waals surface area contributed by atoms with Crippen LogP contribution in [0.4, 0.5) is 4.79 Å². The molecule has 3 amide bonds. The van der Waals surface area contributed by atoms with Crippen LogP contribution in [0.25, 0.3) is 0 Å². The molecule has 0 aliphatic heterocycles. The van der Waals surface area contributed by atoms with E-state index in [9.17, 15) is 19.6 Å². The second-order valence-electron chi connectivity index (χ2n) is 7.95. The number of unbranched alkanes of at least 4 members (excludes halogenated alkanes) is 1. The summed E-state index contributed by atoms with van der Waals surface area (Å²) in [5.74, 6) is -0.926. The molecule has 30 heavy (non-hydrogen) atoms. The number of carbonyl (C=O) groups is 3. The molecular weight excluding hydrogens is 384 g/mol. The minimum absolute atomic E-state index is 0.306. The van der Waals surface area contributed by atoms with Gasteiger partial charge in [0.2, 0.25) is 11.8 Å². The molecule has 8 nitrogen and oxygen atoms in total. The van der Waals surface area contributed by atoms with Gasteiger partial charge < -0.3 is 20.3 Å². The number of nitrogens with zero attached hydrogens (tertiary/aromatic N) is 2. The second kappa shape index (κ2) is 11.8. The van der Waals surface area contributed by atoms with Gasteiger partial charge in [0.25, 0.3) is 0 Å². The zero-order valence-corrected chi connectivity index (χ0v) is 18.4. The molecule has 2 N–H and O–H groups in total. The number of alkyl carbamates (subject to hydrolysis) is 1. The van der Waals surface area contributed by atoms with E-state index >= 15 is 0 Å². The molecule has 2 unspecified atom stereocenters. The Morgan fingerprint density at radius 3 is 2.37 bits per heavy atom. The highest BCUT2D eigenvalue weighted by atomic mass is 16.6. The van der Waals surface area contributed by atoms with E-state index in [-0.39, 0.29) is 12.5 Å². The molecule has 0 fully saturated rings. The van der Waals surface area contributed by atoms with Crippen molar-refractivity contribution in [1.29, 1.82) is 5.26 Å². The summed E-state index contributed by atoms with van der Waals surface area (Å²) in [6.45, 7) is 8.82. The number of rotatable bonds is 9. The standard InChI is InChI=1S/C22H32N4O4/c1-6-7-14-24-19(27)18(17-11-9-8-10-12-17)26(15-13-23)20(28)16(2)25-21(29)30-22(3,4)5/h8-12,16,18H,6-7,14-15H2,1-5H3,(H,24,27)(H,25,29). The van der Waals surface area contributed by atoms with Crippen LogP contribution >= 0.6 is 0 Å². The zero-order chi connectivity index (χ0) is 22.7. The minimum Gasteiger partial charge on any atom is -0.444 e. The van der Waals surface area contributed by atoms with E-state index in [1.807, 2.05) is 13.0 Å². The van der Waals surface area contributed by atoms with Gasteiger partial charge in [0.15, 0.2) is 0 Å². The normalized spacial score (nSPS) is 12.8. The van der Waals surface area contributed by atoms with Crippen molar-refractivity contribution in [1.82, 2.24) is 15.5 Å². The molecule has 0 bridgehead atoms. The first-order chi connectivity index (χ1) is 14.1. The van der Waals surface area contributed by atoms with Crippen LogP contribution in [0, 0.1) is 11.3 Å². The Hall–Kier alpha value is -3.08. The summed E-state index contributed by atoms with van der Waals surface area (Å²) in [5, 5.41) is 14.6. The van der Waals surface area contributed by atoms with Crippen molar-refractivity contribution < 1.29 is 19.1 Å². The van der Waals surface area contributed by atoms with E-state index in [0.29, 0.717) is 12.1 Å². The molecule has 0 heterocycles. The highest BCUT2D eigenvalue weighted by Gasteiger charge is 2.34. The van der Waals surface area contributed by atoms with Crippen LogP contribution in [0.1, 0.15) is 59.1 Å². The van der Waals surface area contributed by atoms with Crippen LogP contribution < -0.4 is 10.6 Å². The van der Waals surface area contributed by atoms with Crippen molar-refractivity contribution >= 4 is 17.9 Å². The van der Waals surface area contributed by atoms with Gasteiger partial charge in [0.05, 0.1) is 6.07 Å². The Labute approximate surface area is 178 Å². The van der Waals surface area contributed by atoms with Crippen LogP contribution in [0.15, 0.2) is 30.3 Å². The van der Waals surface area contributed by atoms with E-state index in [0.717, 1.165) is 12.8 Å². The van der Waals surface area contributed by atoms with Crippen LogP contribution in [0.3, 0.4) is 0 Å². The minimum atomic E-state index is -0.988. The molecule has 0 aromatic heterocycles. The lowest BCUT2D eigenvalue weighted by Crippen LogP contribution is -2.52. The van der Waals surface area contributed by atoms with Crippen LogP contribution in [0.5, 0.6) is 0 Å². The summed E-state index contributed by atoms with van der Waals surface area (Å²) in [4.78, 5) is 39.3. The number of benzene rings is 1. The Bertz CT molecular complexity index is 753. The van der Waals surface area contributed by atoms with Crippen molar-refractivity contribution in [2.45, 2.75) is 65.1 Å². The molecule has 0 saturated carbocycles. The number of ether oxygens (including phenoxy) is 1. The quantitative estimate of drug-likeness (QED) is 0.475. The summed E-state index contributed by atoms with van der Waals surface area (Å²) in [6, 6.07) is 8.77. The number of nitriles is 1. The van der Waals surface area contributed by atoms with Crippen LogP contribution in [-0.4, -0.2) is 47.5 Å². The van der Waals surface area contributed by atoms with Crippen molar-refractivity contribution in [3.05, 3.63) is 35.9 Å². The van der Waals surface area contributed by atoms with Crippen molar-refractivity contribution in [2.24, 2.45) is 0 Å². The third-order valence-electron chi connectivity index (χ3n) is 4.13. The Kier molecular flexibility index (Phi) is 9.82. The van der Waals surface area contributed by atoms with E-state index in [1.54, 1.807) is 51.1 Å². The van der Waals surface area contributed by atoms with Gasteiger partial charge in [0.1, 0.15) is 24.2 Å². The molecule has 2 atom stereocenters. The zero-order valence-electron chi connectivity index (χ0n) is 18.4. The maximum Gasteiger partial charge on any atom is 0.408 e. The maximum absolute atomic E-state index is 13.1. The molecule has 1 rings (SSSR count). The Balaban J connectivity index is 3.11. The van der Waals surface area contributed by atoms with Crippen molar-refractivity contribution in [2.75, 3.05) is 13.1 Å². The highest BCUT2D eigenvalue weighted by molar-refractivity contribution is 5.92. The molecule has 0 aliphatic rings. The lowest BCUT2D eigenvalue weighted by atomic mass is 10.0. The fourth-order valence-electron chi connectivity index (χ4n) is 2.76. The number of nitrogens with one attached hydrogen (secondary N) is 2. The lowest BCUT2D eigenvalue weighted by molar-refractivity contribution is -0.141. The number of amides is 3. The smallest absolute Gasteiger partial charge is 0.408 e. The van der Waals surface area contributed by atoms with E-state index in [1.165, 1.54) is 11.8 Å². The third kappa shape index (κ3) is 8.11. The first kappa shape index (κ1) is 25.0. The van der Waals surface area contributed by atoms with Gasteiger partial charge in [-0.25, -0.2) is 4.79 Å². The maximum atomic E-state index is 13.1. The predicted octanol–water partition coefficient (Wildman–Crippen LogP) is 2.91. The van der Waals surface area contributed by atoms with Gasteiger partial charge >= 0.3 is 6.09 Å². The van der Waals surface area contributed by atoms with Gasteiger partial charge in [-0.15, -0.1) is 0 Å². The van der Waals surface area contributed by atoms with Crippen molar-refractivity contribution in [3.63, 3.8) is 0 Å². The second-order valence-corrected chi connectivity index (χ2v) is 7.95.